The van der Waals surface area contributed by atoms with E-state index >= 15 is 0 Å². The Morgan fingerprint density at radius 2 is 1.79 bits per heavy atom. The Balaban J connectivity index is 2.90. The molecule has 0 spiro atoms. The Hall–Kier alpha value is -0.870. The van der Waals surface area contributed by atoms with Crippen molar-refractivity contribution < 1.29 is 9.59 Å². The van der Waals surface area contributed by atoms with E-state index < -0.39 is 11.3 Å². The van der Waals surface area contributed by atoms with E-state index in [1.807, 2.05) is 0 Å². The summed E-state index contributed by atoms with van der Waals surface area (Å²) in [4.78, 5) is 23.0. The highest BCUT2D eigenvalue weighted by atomic mass is 79.9. The van der Waals surface area contributed by atoms with E-state index in [1.54, 1.807) is 24.3 Å². The molecule has 0 aliphatic rings. The second-order valence-electron chi connectivity index (χ2n) is 2.62. The van der Waals surface area contributed by atoms with Crippen LogP contribution >= 0.6 is 27.5 Å². The third-order valence-electron chi connectivity index (χ3n) is 1.66. The minimum absolute atomic E-state index is 0.419. The number of carbonyl (C=O) groups excluding carboxylic acids is 2. The van der Waals surface area contributed by atoms with Crippen LogP contribution in [0.1, 0.15) is 10.4 Å². The fraction of sp³-hybridized carbons (Fsp3) is 0.111. The molecule has 0 atom stereocenters. The SMILES string of the molecule is CN(C(=O)Cl)C(=O)c1ccc(Br)cc1. The van der Waals surface area contributed by atoms with Gasteiger partial charge in [0.25, 0.3) is 5.91 Å². The van der Waals surface area contributed by atoms with Crippen molar-refractivity contribution in [2.45, 2.75) is 0 Å². The lowest BCUT2D eigenvalue weighted by Crippen LogP contribution is -2.28. The quantitative estimate of drug-likeness (QED) is 0.584. The molecule has 5 heteroatoms. The van der Waals surface area contributed by atoms with E-state index in [0.717, 1.165) is 9.37 Å². The Morgan fingerprint density at radius 3 is 2.21 bits per heavy atom. The predicted molar refractivity (Wildman–Crippen MR) is 57.5 cm³/mol. The van der Waals surface area contributed by atoms with Crippen LogP contribution in [0, 0.1) is 0 Å². The fourth-order valence-corrected chi connectivity index (χ4v) is 1.21. The molecule has 74 valence electrons. The topological polar surface area (TPSA) is 37.4 Å². The zero-order valence-corrected chi connectivity index (χ0v) is 9.67. The predicted octanol–water partition coefficient (Wildman–Crippen LogP) is 2.88. The highest BCUT2D eigenvalue weighted by molar-refractivity contribution is 9.10. The van der Waals surface area contributed by atoms with Gasteiger partial charge in [-0.2, -0.15) is 0 Å². The van der Waals surface area contributed by atoms with Crippen LogP contribution in [0.3, 0.4) is 0 Å². The number of carbonyl (C=O) groups is 2. The molecule has 1 aromatic rings. The first kappa shape index (κ1) is 11.2. The standard InChI is InChI=1S/C9H7BrClNO2/c1-12(9(11)14)8(13)6-2-4-7(10)5-3-6/h2-5H,1H3. The molecule has 0 aliphatic heterocycles. The van der Waals surface area contributed by atoms with Crippen molar-refractivity contribution in [2.75, 3.05) is 7.05 Å². The smallest absolute Gasteiger partial charge is 0.269 e. The summed E-state index contributed by atoms with van der Waals surface area (Å²) in [6.07, 6.45) is 0. The van der Waals surface area contributed by atoms with Gasteiger partial charge in [0.05, 0.1) is 0 Å². The van der Waals surface area contributed by atoms with E-state index in [0.29, 0.717) is 5.56 Å². The lowest BCUT2D eigenvalue weighted by atomic mass is 10.2. The van der Waals surface area contributed by atoms with Crippen LogP contribution in [0.4, 0.5) is 4.79 Å². The molecule has 14 heavy (non-hydrogen) atoms. The van der Waals surface area contributed by atoms with E-state index in [2.05, 4.69) is 15.9 Å². The third kappa shape index (κ3) is 2.56. The van der Waals surface area contributed by atoms with Crippen molar-refractivity contribution in [3.8, 4) is 0 Å². The van der Waals surface area contributed by atoms with E-state index in [4.69, 9.17) is 11.6 Å². The first-order valence-electron chi connectivity index (χ1n) is 3.75. The first-order chi connectivity index (χ1) is 6.52. The van der Waals surface area contributed by atoms with Crippen molar-refractivity contribution in [1.82, 2.24) is 4.90 Å². The van der Waals surface area contributed by atoms with Crippen LogP contribution in [0.5, 0.6) is 0 Å². The Bertz CT molecular complexity index is 364. The third-order valence-corrected chi connectivity index (χ3v) is 2.44. The van der Waals surface area contributed by atoms with Gasteiger partial charge < -0.3 is 0 Å². The van der Waals surface area contributed by atoms with Gasteiger partial charge in [-0.25, -0.2) is 0 Å². The number of hydrogen-bond donors (Lipinski definition) is 0. The Kier molecular flexibility index (Phi) is 3.66. The zero-order chi connectivity index (χ0) is 10.7. The summed E-state index contributed by atoms with van der Waals surface area (Å²) in [6, 6.07) is 6.67. The van der Waals surface area contributed by atoms with Crippen LogP contribution in [0.25, 0.3) is 0 Å². The van der Waals surface area contributed by atoms with Crippen molar-refractivity contribution in [1.29, 1.82) is 0 Å². The van der Waals surface area contributed by atoms with Crippen molar-refractivity contribution in [2.24, 2.45) is 0 Å². The summed E-state index contributed by atoms with van der Waals surface area (Å²) in [5.74, 6) is -0.419. The molecule has 0 aliphatic carbocycles. The van der Waals surface area contributed by atoms with Gasteiger partial charge >= 0.3 is 5.37 Å². The van der Waals surface area contributed by atoms with Gasteiger partial charge in [-0.1, -0.05) is 15.9 Å². The van der Waals surface area contributed by atoms with Gasteiger partial charge in [0.1, 0.15) is 0 Å². The van der Waals surface area contributed by atoms with Gasteiger partial charge in [-0.15, -0.1) is 0 Å². The van der Waals surface area contributed by atoms with Crippen molar-refractivity contribution in [3.05, 3.63) is 34.3 Å². The molecule has 0 radical (unpaired) electrons. The molecule has 0 saturated carbocycles. The Morgan fingerprint density at radius 1 is 1.29 bits per heavy atom. The maximum atomic E-state index is 11.5. The van der Waals surface area contributed by atoms with Gasteiger partial charge in [0, 0.05) is 17.1 Å². The molecule has 0 unspecified atom stereocenters. The molecule has 0 saturated heterocycles. The van der Waals surface area contributed by atoms with Crippen LogP contribution < -0.4 is 0 Å². The van der Waals surface area contributed by atoms with E-state index in [-0.39, 0.29) is 0 Å². The largest absolute Gasteiger partial charge is 0.323 e. The minimum atomic E-state index is -0.794. The van der Waals surface area contributed by atoms with Crippen LogP contribution in [0.15, 0.2) is 28.7 Å². The van der Waals surface area contributed by atoms with Crippen LogP contribution in [0.2, 0.25) is 0 Å². The highest BCUT2D eigenvalue weighted by Gasteiger charge is 2.15. The Labute approximate surface area is 94.8 Å². The van der Waals surface area contributed by atoms with Crippen molar-refractivity contribution in [3.63, 3.8) is 0 Å². The van der Waals surface area contributed by atoms with Crippen LogP contribution in [-0.2, 0) is 0 Å². The molecule has 0 bridgehead atoms. The van der Waals surface area contributed by atoms with Gasteiger partial charge in [0.2, 0.25) is 0 Å². The summed E-state index contributed by atoms with van der Waals surface area (Å²) in [5, 5.41) is -0.794. The first-order valence-corrected chi connectivity index (χ1v) is 4.92. The van der Waals surface area contributed by atoms with E-state index in [9.17, 15) is 9.59 Å². The normalized spacial score (nSPS) is 9.64. The average Bonchev–Trinajstić information content (AvgIpc) is 2.16. The monoisotopic (exact) mass is 275 g/mol. The molecule has 3 nitrogen and oxygen atoms in total. The molecule has 2 amide bonds. The summed E-state index contributed by atoms with van der Waals surface area (Å²) < 4.78 is 0.869. The molecule has 0 heterocycles. The number of rotatable bonds is 1. The summed E-state index contributed by atoms with van der Waals surface area (Å²) in [7, 11) is 1.33. The molecule has 0 N–H and O–H groups in total. The zero-order valence-electron chi connectivity index (χ0n) is 7.33. The molecular formula is C9H7BrClNO2. The van der Waals surface area contributed by atoms with Gasteiger partial charge in [-0.3, -0.25) is 14.5 Å². The molecule has 1 aromatic carbocycles. The summed E-state index contributed by atoms with van der Waals surface area (Å²) in [6.45, 7) is 0. The lowest BCUT2D eigenvalue weighted by Gasteiger charge is -2.10. The van der Waals surface area contributed by atoms with Crippen LogP contribution in [-0.4, -0.2) is 23.2 Å². The number of benzene rings is 1. The number of halogens is 2. The molecule has 1 rings (SSSR count). The molecule has 0 aromatic heterocycles. The number of amides is 2. The van der Waals surface area contributed by atoms with Gasteiger partial charge in [-0.05, 0) is 35.9 Å². The average molecular weight is 277 g/mol. The fourth-order valence-electron chi connectivity index (χ4n) is 0.866. The van der Waals surface area contributed by atoms with Crippen molar-refractivity contribution >= 4 is 38.8 Å². The lowest BCUT2D eigenvalue weighted by molar-refractivity contribution is 0.0847. The number of imide groups is 1. The second kappa shape index (κ2) is 4.57. The summed E-state index contributed by atoms with van der Waals surface area (Å²) in [5.41, 5.74) is 0.421. The second-order valence-corrected chi connectivity index (χ2v) is 3.86. The van der Waals surface area contributed by atoms with Gasteiger partial charge in [0.15, 0.2) is 0 Å². The number of hydrogen-bond acceptors (Lipinski definition) is 2. The number of nitrogens with zero attached hydrogens (tertiary/aromatic N) is 1. The maximum absolute atomic E-state index is 11.5. The minimum Gasteiger partial charge on any atom is -0.269 e. The summed E-state index contributed by atoms with van der Waals surface area (Å²) >= 11 is 8.40. The maximum Gasteiger partial charge on any atom is 0.323 e. The molecule has 0 fully saturated rings. The molecular weight excluding hydrogens is 269 g/mol. The van der Waals surface area contributed by atoms with E-state index in [1.165, 1.54) is 7.05 Å². The highest BCUT2D eigenvalue weighted by Crippen LogP contribution is 2.12.